The van der Waals surface area contributed by atoms with Crippen LogP contribution in [-0.4, -0.2) is 5.97 Å². The number of hydrogen-bond donors (Lipinski definition) is 1. The normalized spacial score (nSPS) is 10.1. The van der Waals surface area contributed by atoms with Crippen LogP contribution in [0.1, 0.15) is 21.5 Å². The highest BCUT2D eigenvalue weighted by Gasteiger charge is 2.10. The Balaban J connectivity index is 1.84. The summed E-state index contributed by atoms with van der Waals surface area (Å²) in [4.78, 5) is 12.2. The average Bonchev–Trinajstić information content (AvgIpc) is 2.63. The Morgan fingerprint density at radius 1 is 1.00 bits per heavy atom. The Morgan fingerprint density at radius 3 is 2.52 bits per heavy atom. The Bertz CT molecular complexity index is 901. The van der Waals surface area contributed by atoms with Gasteiger partial charge < -0.3 is 10.1 Å². The first kappa shape index (κ1) is 16.5. The number of nitrogens with one attached hydrogen (secondary N) is 1. The van der Waals surface area contributed by atoms with Gasteiger partial charge >= 0.3 is 5.97 Å². The molecule has 3 aromatic carbocycles. The molecule has 3 heteroatoms. The first-order chi connectivity index (χ1) is 12.2. The van der Waals surface area contributed by atoms with Crippen molar-refractivity contribution in [3.05, 3.63) is 96.1 Å². The van der Waals surface area contributed by atoms with Gasteiger partial charge in [-0.25, -0.2) is 4.79 Å². The van der Waals surface area contributed by atoms with E-state index in [1.807, 2.05) is 49.4 Å². The maximum Gasteiger partial charge on any atom is 0.343 e. The highest BCUT2D eigenvalue weighted by molar-refractivity contribution is 5.91. The minimum Gasteiger partial charge on any atom is -0.423 e. The molecule has 0 spiro atoms. The Kier molecular flexibility index (Phi) is 4.95. The number of esters is 1. The molecule has 124 valence electrons. The predicted octanol–water partition coefficient (Wildman–Crippen LogP) is 5.60. The van der Waals surface area contributed by atoms with Gasteiger partial charge in [0.1, 0.15) is 5.75 Å². The number of carbonyl (C=O) groups is 1. The van der Waals surface area contributed by atoms with E-state index in [1.165, 1.54) is 0 Å². The van der Waals surface area contributed by atoms with Crippen molar-refractivity contribution in [1.82, 2.24) is 0 Å². The Morgan fingerprint density at radius 2 is 1.80 bits per heavy atom. The highest BCUT2D eigenvalue weighted by Crippen LogP contribution is 2.27. The maximum atomic E-state index is 12.2. The molecule has 0 bridgehead atoms. The highest BCUT2D eigenvalue weighted by atomic mass is 16.5. The third kappa shape index (κ3) is 4.15. The summed E-state index contributed by atoms with van der Waals surface area (Å²) in [6.45, 7) is 5.88. The van der Waals surface area contributed by atoms with Gasteiger partial charge in [0.05, 0.1) is 5.56 Å². The molecule has 0 radical (unpaired) electrons. The quantitative estimate of drug-likeness (QED) is 0.489. The van der Waals surface area contributed by atoms with Gasteiger partial charge in [0.15, 0.2) is 0 Å². The molecule has 0 atom stereocenters. The van der Waals surface area contributed by atoms with Crippen molar-refractivity contribution in [3.63, 3.8) is 0 Å². The lowest BCUT2D eigenvalue weighted by Gasteiger charge is -2.12. The molecule has 0 amide bonds. The predicted molar refractivity (Wildman–Crippen MR) is 102 cm³/mol. The second-order valence-electron chi connectivity index (χ2n) is 5.70. The van der Waals surface area contributed by atoms with Crippen LogP contribution >= 0.6 is 0 Å². The topological polar surface area (TPSA) is 38.3 Å². The fraction of sp³-hybridized carbons (Fsp3) is 0.0455. The number of anilines is 2. The summed E-state index contributed by atoms with van der Waals surface area (Å²) in [5.41, 5.74) is 4.41. The molecule has 3 rings (SSSR count). The lowest BCUT2D eigenvalue weighted by molar-refractivity contribution is 0.0735. The SMILES string of the molecule is C=Cc1ccc(OC(=O)c2ccccc2)cc1Nc1cccc(C)c1. The summed E-state index contributed by atoms with van der Waals surface area (Å²) >= 11 is 0. The largest absolute Gasteiger partial charge is 0.423 e. The molecule has 1 N–H and O–H groups in total. The third-order valence-corrected chi connectivity index (χ3v) is 3.76. The average molecular weight is 329 g/mol. The van der Waals surface area contributed by atoms with Crippen LogP contribution in [-0.2, 0) is 0 Å². The fourth-order valence-electron chi connectivity index (χ4n) is 2.50. The van der Waals surface area contributed by atoms with Crippen molar-refractivity contribution in [3.8, 4) is 5.75 Å². The Hall–Kier alpha value is -3.33. The standard InChI is InChI=1S/C22H19NO2/c1-3-17-12-13-20(25-22(24)18-9-5-4-6-10-18)15-21(17)23-19-11-7-8-16(2)14-19/h3-15,23H,1H2,2H3. The molecule has 3 aromatic rings. The van der Waals surface area contributed by atoms with Gasteiger partial charge in [0.2, 0.25) is 0 Å². The van der Waals surface area contributed by atoms with E-state index in [9.17, 15) is 4.79 Å². The van der Waals surface area contributed by atoms with Crippen molar-refractivity contribution in [2.45, 2.75) is 6.92 Å². The van der Waals surface area contributed by atoms with Crippen molar-refractivity contribution >= 4 is 23.4 Å². The minimum absolute atomic E-state index is 0.381. The van der Waals surface area contributed by atoms with Crippen LogP contribution in [0.15, 0.2) is 79.4 Å². The third-order valence-electron chi connectivity index (χ3n) is 3.76. The van der Waals surface area contributed by atoms with Crippen LogP contribution in [0, 0.1) is 6.92 Å². The fourth-order valence-corrected chi connectivity index (χ4v) is 2.50. The first-order valence-corrected chi connectivity index (χ1v) is 8.03. The molecule has 0 aliphatic carbocycles. The van der Waals surface area contributed by atoms with Gasteiger partial charge in [0, 0.05) is 17.4 Å². The molecule has 25 heavy (non-hydrogen) atoms. The van der Waals surface area contributed by atoms with E-state index in [1.54, 1.807) is 30.3 Å². The molecule has 0 fully saturated rings. The number of carbonyl (C=O) groups excluding carboxylic acids is 1. The van der Waals surface area contributed by atoms with E-state index in [0.717, 1.165) is 22.5 Å². The van der Waals surface area contributed by atoms with Crippen LogP contribution in [0.25, 0.3) is 6.08 Å². The number of ether oxygens (including phenoxy) is 1. The summed E-state index contributed by atoms with van der Waals surface area (Å²) < 4.78 is 5.49. The molecular formula is C22H19NO2. The lowest BCUT2D eigenvalue weighted by atomic mass is 10.1. The smallest absolute Gasteiger partial charge is 0.343 e. The summed E-state index contributed by atoms with van der Waals surface area (Å²) in [5.74, 6) is 0.100. The summed E-state index contributed by atoms with van der Waals surface area (Å²) in [7, 11) is 0. The molecule has 3 nitrogen and oxygen atoms in total. The molecule has 0 saturated heterocycles. The van der Waals surface area contributed by atoms with Gasteiger partial charge in [-0.2, -0.15) is 0 Å². The van der Waals surface area contributed by atoms with E-state index in [0.29, 0.717) is 11.3 Å². The van der Waals surface area contributed by atoms with E-state index in [4.69, 9.17) is 4.74 Å². The second-order valence-corrected chi connectivity index (χ2v) is 5.70. The summed E-state index contributed by atoms with van der Waals surface area (Å²) in [6.07, 6.45) is 1.76. The van der Waals surface area contributed by atoms with Crippen molar-refractivity contribution < 1.29 is 9.53 Å². The van der Waals surface area contributed by atoms with Crippen LogP contribution in [0.4, 0.5) is 11.4 Å². The molecule has 0 unspecified atom stereocenters. The molecule has 0 saturated carbocycles. The van der Waals surface area contributed by atoms with Gasteiger partial charge in [0.25, 0.3) is 0 Å². The summed E-state index contributed by atoms with van der Waals surface area (Å²) in [6, 6.07) is 22.4. The molecular weight excluding hydrogens is 310 g/mol. The molecule has 0 aliphatic rings. The first-order valence-electron chi connectivity index (χ1n) is 8.03. The zero-order valence-corrected chi connectivity index (χ0v) is 14.0. The summed E-state index contributed by atoms with van der Waals surface area (Å²) in [5, 5.41) is 3.36. The van der Waals surface area contributed by atoms with Crippen LogP contribution in [0.2, 0.25) is 0 Å². The number of benzene rings is 3. The van der Waals surface area contributed by atoms with E-state index >= 15 is 0 Å². The lowest BCUT2D eigenvalue weighted by Crippen LogP contribution is -2.08. The minimum atomic E-state index is -0.381. The van der Waals surface area contributed by atoms with Gasteiger partial charge in [-0.05, 0) is 54.4 Å². The van der Waals surface area contributed by atoms with Crippen molar-refractivity contribution in [1.29, 1.82) is 0 Å². The zero-order valence-electron chi connectivity index (χ0n) is 14.0. The van der Waals surface area contributed by atoms with Crippen LogP contribution in [0.3, 0.4) is 0 Å². The van der Waals surface area contributed by atoms with Crippen LogP contribution < -0.4 is 10.1 Å². The van der Waals surface area contributed by atoms with Gasteiger partial charge in [-0.1, -0.05) is 43.0 Å². The monoisotopic (exact) mass is 329 g/mol. The molecule has 0 aliphatic heterocycles. The Labute approximate surface area is 147 Å². The van der Waals surface area contributed by atoms with Gasteiger partial charge in [-0.15, -0.1) is 0 Å². The van der Waals surface area contributed by atoms with Crippen molar-refractivity contribution in [2.75, 3.05) is 5.32 Å². The van der Waals surface area contributed by atoms with E-state index in [2.05, 4.69) is 18.0 Å². The second kappa shape index (κ2) is 7.49. The number of rotatable bonds is 5. The van der Waals surface area contributed by atoms with Crippen LogP contribution in [0.5, 0.6) is 5.75 Å². The zero-order chi connectivity index (χ0) is 17.6. The number of aryl methyl sites for hydroxylation is 1. The molecule has 0 aromatic heterocycles. The number of hydrogen-bond acceptors (Lipinski definition) is 3. The maximum absolute atomic E-state index is 12.2. The van der Waals surface area contributed by atoms with Gasteiger partial charge in [-0.3, -0.25) is 0 Å². The van der Waals surface area contributed by atoms with Crippen molar-refractivity contribution in [2.24, 2.45) is 0 Å². The van der Waals surface area contributed by atoms with E-state index in [-0.39, 0.29) is 5.97 Å². The molecule has 0 heterocycles. The van der Waals surface area contributed by atoms with E-state index < -0.39 is 0 Å².